The summed E-state index contributed by atoms with van der Waals surface area (Å²) in [5, 5.41) is 2.82. The molecule has 0 spiro atoms. The van der Waals surface area contributed by atoms with Gasteiger partial charge in [0.05, 0.1) is 23.8 Å². The fourth-order valence-corrected chi connectivity index (χ4v) is 2.17. The second kappa shape index (κ2) is 5.81. The summed E-state index contributed by atoms with van der Waals surface area (Å²) in [7, 11) is 1.60. The van der Waals surface area contributed by atoms with Gasteiger partial charge in [0.2, 0.25) is 0 Å². The maximum Gasteiger partial charge on any atom is 0.276 e. The molecule has 0 aliphatic rings. The first-order chi connectivity index (χ1) is 10.7. The van der Waals surface area contributed by atoms with Crippen LogP contribution in [0.25, 0.3) is 11.0 Å². The van der Waals surface area contributed by atoms with Gasteiger partial charge in [-0.15, -0.1) is 0 Å². The SMILES string of the molecule is COc1ccc(NC(=O)c2nc3ccccc3nc2C)cc1. The van der Waals surface area contributed by atoms with Gasteiger partial charge in [-0.3, -0.25) is 4.79 Å². The van der Waals surface area contributed by atoms with E-state index < -0.39 is 0 Å². The van der Waals surface area contributed by atoms with Gasteiger partial charge in [0, 0.05) is 5.69 Å². The number of para-hydroxylation sites is 2. The van der Waals surface area contributed by atoms with Gasteiger partial charge < -0.3 is 10.1 Å². The highest BCUT2D eigenvalue weighted by Gasteiger charge is 2.13. The second-order valence-corrected chi connectivity index (χ2v) is 4.83. The highest BCUT2D eigenvalue weighted by Crippen LogP contribution is 2.17. The van der Waals surface area contributed by atoms with Gasteiger partial charge >= 0.3 is 0 Å². The third-order valence-corrected chi connectivity index (χ3v) is 3.31. The molecule has 3 rings (SSSR count). The Morgan fingerprint density at radius 3 is 2.27 bits per heavy atom. The van der Waals surface area contributed by atoms with Crippen molar-refractivity contribution in [2.24, 2.45) is 0 Å². The largest absolute Gasteiger partial charge is 0.497 e. The Labute approximate surface area is 128 Å². The normalized spacial score (nSPS) is 10.5. The van der Waals surface area contributed by atoms with Crippen molar-refractivity contribution in [3.63, 3.8) is 0 Å². The topological polar surface area (TPSA) is 64.1 Å². The molecule has 1 heterocycles. The van der Waals surface area contributed by atoms with E-state index in [1.165, 1.54) is 0 Å². The summed E-state index contributed by atoms with van der Waals surface area (Å²) in [5.41, 5.74) is 3.09. The molecule has 0 saturated heterocycles. The Kier molecular flexibility index (Phi) is 3.70. The summed E-state index contributed by atoms with van der Waals surface area (Å²) >= 11 is 0. The number of nitrogens with zero attached hydrogens (tertiary/aromatic N) is 2. The van der Waals surface area contributed by atoms with Crippen LogP contribution in [0.3, 0.4) is 0 Å². The molecule has 0 aliphatic heterocycles. The van der Waals surface area contributed by atoms with Crippen molar-refractivity contribution >= 4 is 22.6 Å². The first kappa shape index (κ1) is 14.0. The fourth-order valence-electron chi connectivity index (χ4n) is 2.17. The standard InChI is InChI=1S/C17H15N3O2/c1-11-16(20-15-6-4-3-5-14(15)18-11)17(21)19-12-7-9-13(22-2)10-8-12/h3-10H,1-2H3,(H,19,21). The minimum Gasteiger partial charge on any atom is -0.497 e. The summed E-state index contributed by atoms with van der Waals surface area (Å²) in [5.74, 6) is 0.459. The van der Waals surface area contributed by atoms with E-state index in [2.05, 4.69) is 15.3 Å². The van der Waals surface area contributed by atoms with Crippen LogP contribution in [0.2, 0.25) is 0 Å². The van der Waals surface area contributed by atoms with Gasteiger partial charge in [-0.2, -0.15) is 0 Å². The van der Waals surface area contributed by atoms with E-state index in [4.69, 9.17) is 4.74 Å². The number of benzene rings is 2. The van der Waals surface area contributed by atoms with Crippen LogP contribution in [0.1, 0.15) is 16.2 Å². The molecule has 110 valence electrons. The van der Waals surface area contributed by atoms with Crippen molar-refractivity contribution in [2.75, 3.05) is 12.4 Å². The van der Waals surface area contributed by atoms with Gasteiger partial charge in [-0.25, -0.2) is 9.97 Å². The Hall–Kier alpha value is -2.95. The average molecular weight is 293 g/mol. The first-order valence-corrected chi connectivity index (χ1v) is 6.86. The van der Waals surface area contributed by atoms with Crippen LogP contribution in [0, 0.1) is 6.92 Å². The number of carbonyl (C=O) groups excluding carboxylic acids is 1. The Balaban J connectivity index is 1.89. The molecular formula is C17H15N3O2. The van der Waals surface area contributed by atoms with Gasteiger partial charge in [-0.1, -0.05) is 12.1 Å². The van der Waals surface area contributed by atoms with E-state index in [0.29, 0.717) is 22.6 Å². The number of anilines is 1. The van der Waals surface area contributed by atoms with E-state index in [9.17, 15) is 4.79 Å². The minimum atomic E-state index is -0.277. The highest BCUT2D eigenvalue weighted by molar-refractivity contribution is 6.04. The van der Waals surface area contributed by atoms with Crippen LogP contribution in [0.5, 0.6) is 5.75 Å². The van der Waals surface area contributed by atoms with Crippen molar-refractivity contribution in [3.05, 3.63) is 59.9 Å². The lowest BCUT2D eigenvalue weighted by Crippen LogP contribution is -2.16. The van der Waals surface area contributed by atoms with Crippen LogP contribution in [0.15, 0.2) is 48.5 Å². The van der Waals surface area contributed by atoms with E-state index >= 15 is 0 Å². The van der Waals surface area contributed by atoms with Crippen LogP contribution >= 0.6 is 0 Å². The van der Waals surface area contributed by atoms with E-state index in [0.717, 1.165) is 11.3 Å². The van der Waals surface area contributed by atoms with Crippen molar-refractivity contribution in [1.82, 2.24) is 9.97 Å². The van der Waals surface area contributed by atoms with E-state index in [-0.39, 0.29) is 5.91 Å². The zero-order chi connectivity index (χ0) is 15.5. The predicted molar refractivity (Wildman–Crippen MR) is 85.2 cm³/mol. The smallest absolute Gasteiger partial charge is 0.276 e. The number of amides is 1. The van der Waals surface area contributed by atoms with Crippen molar-refractivity contribution in [3.8, 4) is 5.75 Å². The fraction of sp³-hybridized carbons (Fsp3) is 0.118. The van der Waals surface area contributed by atoms with Gasteiger partial charge in [0.15, 0.2) is 0 Å². The number of fused-ring (bicyclic) bond motifs is 1. The van der Waals surface area contributed by atoms with Crippen molar-refractivity contribution in [2.45, 2.75) is 6.92 Å². The van der Waals surface area contributed by atoms with Crippen molar-refractivity contribution < 1.29 is 9.53 Å². The molecule has 1 aromatic heterocycles. The van der Waals surface area contributed by atoms with Crippen LogP contribution in [0.4, 0.5) is 5.69 Å². The molecule has 0 bridgehead atoms. The van der Waals surface area contributed by atoms with Gasteiger partial charge in [0.1, 0.15) is 11.4 Å². The maximum absolute atomic E-state index is 12.4. The number of hydrogen-bond donors (Lipinski definition) is 1. The first-order valence-electron chi connectivity index (χ1n) is 6.86. The molecule has 0 saturated carbocycles. The lowest BCUT2D eigenvalue weighted by atomic mass is 10.2. The van der Waals surface area contributed by atoms with Gasteiger partial charge in [-0.05, 0) is 43.3 Å². The van der Waals surface area contributed by atoms with Crippen LogP contribution in [-0.2, 0) is 0 Å². The lowest BCUT2D eigenvalue weighted by Gasteiger charge is -2.08. The molecule has 0 unspecified atom stereocenters. The molecule has 0 atom stereocenters. The number of rotatable bonds is 3. The number of methoxy groups -OCH3 is 1. The molecule has 1 N–H and O–H groups in total. The zero-order valence-corrected chi connectivity index (χ0v) is 12.3. The summed E-state index contributed by atoms with van der Waals surface area (Å²) < 4.78 is 5.09. The molecular weight excluding hydrogens is 278 g/mol. The van der Waals surface area contributed by atoms with Crippen molar-refractivity contribution in [1.29, 1.82) is 0 Å². The minimum absolute atomic E-state index is 0.277. The number of aryl methyl sites for hydroxylation is 1. The number of carbonyl (C=O) groups is 1. The Morgan fingerprint density at radius 2 is 1.64 bits per heavy atom. The highest BCUT2D eigenvalue weighted by atomic mass is 16.5. The molecule has 5 nitrogen and oxygen atoms in total. The molecule has 0 radical (unpaired) electrons. The number of hydrogen-bond acceptors (Lipinski definition) is 4. The molecule has 3 aromatic rings. The van der Waals surface area contributed by atoms with Gasteiger partial charge in [0.25, 0.3) is 5.91 Å². The third kappa shape index (κ3) is 2.74. The molecule has 1 amide bonds. The third-order valence-electron chi connectivity index (χ3n) is 3.31. The molecule has 0 fully saturated rings. The van der Waals surface area contributed by atoms with E-state index in [1.807, 2.05) is 24.3 Å². The predicted octanol–water partition coefficient (Wildman–Crippen LogP) is 3.20. The second-order valence-electron chi connectivity index (χ2n) is 4.83. The number of nitrogens with one attached hydrogen (secondary N) is 1. The zero-order valence-electron chi connectivity index (χ0n) is 12.3. The summed E-state index contributed by atoms with van der Waals surface area (Å²) in [6.45, 7) is 1.78. The molecule has 22 heavy (non-hydrogen) atoms. The number of ether oxygens (including phenoxy) is 1. The maximum atomic E-state index is 12.4. The molecule has 2 aromatic carbocycles. The monoisotopic (exact) mass is 293 g/mol. The molecule has 5 heteroatoms. The summed E-state index contributed by atoms with van der Waals surface area (Å²) in [4.78, 5) is 21.2. The summed E-state index contributed by atoms with van der Waals surface area (Å²) in [6.07, 6.45) is 0. The van der Waals surface area contributed by atoms with Crippen LogP contribution in [-0.4, -0.2) is 23.0 Å². The van der Waals surface area contributed by atoms with Crippen LogP contribution < -0.4 is 10.1 Å². The van der Waals surface area contributed by atoms with E-state index in [1.54, 1.807) is 38.3 Å². The Bertz CT molecular complexity index is 829. The molecule has 0 aliphatic carbocycles. The Morgan fingerprint density at radius 1 is 1.00 bits per heavy atom. The lowest BCUT2D eigenvalue weighted by molar-refractivity contribution is 0.102. The summed E-state index contributed by atoms with van der Waals surface area (Å²) in [6, 6.07) is 14.6. The quantitative estimate of drug-likeness (QED) is 0.805. The average Bonchev–Trinajstić information content (AvgIpc) is 2.54. The number of aromatic nitrogens is 2.